The van der Waals surface area contributed by atoms with Crippen LogP contribution in [0, 0.1) is 17.4 Å². The maximum absolute atomic E-state index is 11.9. The number of ether oxygens (including phenoxy) is 3. The van der Waals surface area contributed by atoms with Crippen molar-refractivity contribution in [3.05, 3.63) is 50.6 Å². The van der Waals surface area contributed by atoms with Crippen molar-refractivity contribution in [2.24, 2.45) is 5.10 Å². The molecule has 2 aromatic rings. The molecule has 0 spiro atoms. The highest BCUT2D eigenvalue weighted by atomic mass is 127. The molecule has 0 radical (unpaired) electrons. The van der Waals surface area contributed by atoms with Crippen molar-refractivity contribution in [3.8, 4) is 17.2 Å². The summed E-state index contributed by atoms with van der Waals surface area (Å²) in [6, 6.07) is 9.50. The number of halogens is 1. The molecule has 0 aliphatic rings. The molecule has 0 saturated heterocycles. The number of carbonyl (C=O) groups is 1. The fraction of sp³-hybridized carbons (Fsp3) is 0.263. The third-order valence-corrected chi connectivity index (χ3v) is 4.42. The van der Waals surface area contributed by atoms with Gasteiger partial charge in [-0.25, -0.2) is 5.43 Å². The van der Waals surface area contributed by atoms with Crippen LogP contribution in [-0.4, -0.2) is 32.9 Å². The first-order chi connectivity index (χ1) is 12.5. The van der Waals surface area contributed by atoms with Crippen LogP contribution in [0.5, 0.6) is 17.2 Å². The van der Waals surface area contributed by atoms with Gasteiger partial charge in [-0.1, -0.05) is 18.2 Å². The first-order valence-electron chi connectivity index (χ1n) is 7.88. The van der Waals surface area contributed by atoms with E-state index in [0.29, 0.717) is 11.5 Å². The average molecular weight is 468 g/mol. The number of amides is 1. The fourth-order valence-corrected chi connectivity index (χ4v) is 3.23. The number of hydrogen-bond donors (Lipinski definition) is 1. The molecule has 0 saturated carbocycles. The Morgan fingerprint density at radius 3 is 2.46 bits per heavy atom. The van der Waals surface area contributed by atoms with E-state index in [2.05, 4.69) is 33.1 Å². The predicted octanol–water partition coefficient (Wildman–Crippen LogP) is 3.45. The molecule has 1 amide bonds. The highest BCUT2D eigenvalue weighted by molar-refractivity contribution is 14.1. The molecule has 0 heterocycles. The van der Waals surface area contributed by atoms with Crippen LogP contribution in [0.3, 0.4) is 0 Å². The van der Waals surface area contributed by atoms with Crippen LogP contribution in [-0.2, 0) is 4.79 Å². The number of nitrogens with one attached hydrogen (secondary N) is 1. The van der Waals surface area contributed by atoms with Crippen molar-refractivity contribution in [2.75, 3.05) is 20.8 Å². The zero-order chi connectivity index (χ0) is 19.1. The Labute approximate surface area is 166 Å². The number of hydrogen-bond acceptors (Lipinski definition) is 5. The first kappa shape index (κ1) is 20.0. The molecule has 0 aliphatic heterocycles. The summed E-state index contributed by atoms with van der Waals surface area (Å²) in [6.45, 7) is 3.78. The molecule has 0 fully saturated rings. The Balaban J connectivity index is 1.96. The lowest BCUT2D eigenvalue weighted by Gasteiger charge is -2.11. The predicted molar refractivity (Wildman–Crippen MR) is 109 cm³/mol. The summed E-state index contributed by atoms with van der Waals surface area (Å²) in [6.07, 6.45) is 1.54. The van der Waals surface area contributed by atoms with Crippen LogP contribution in [0.15, 0.2) is 35.4 Å². The monoisotopic (exact) mass is 468 g/mol. The Morgan fingerprint density at radius 2 is 1.85 bits per heavy atom. The molecule has 2 rings (SSSR count). The van der Waals surface area contributed by atoms with Gasteiger partial charge in [0.05, 0.1) is 24.0 Å². The molecule has 0 aromatic heterocycles. The fourth-order valence-electron chi connectivity index (χ4n) is 2.39. The number of para-hydroxylation sites is 1. The van der Waals surface area contributed by atoms with Crippen LogP contribution in [0.25, 0.3) is 0 Å². The first-order valence-corrected chi connectivity index (χ1v) is 8.96. The molecular formula is C19H21IN2O4. The number of aryl methyl sites for hydroxylation is 2. The molecule has 26 heavy (non-hydrogen) atoms. The molecule has 0 unspecified atom stereocenters. The van der Waals surface area contributed by atoms with Gasteiger partial charge in [-0.15, -0.1) is 0 Å². The molecule has 6 nitrogen and oxygen atoms in total. The van der Waals surface area contributed by atoms with E-state index in [1.807, 2.05) is 38.1 Å². The van der Waals surface area contributed by atoms with Crippen molar-refractivity contribution < 1.29 is 19.0 Å². The molecule has 0 aliphatic carbocycles. The second-order valence-electron chi connectivity index (χ2n) is 5.54. The highest BCUT2D eigenvalue weighted by Crippen LogP contribution is 2.33. The van der Waals surface area contributed by atoms with E-state index in [4.69, 9.17) is 14.2 Å². The maximum atomic E-state index is 11.9. The zero-order valence-electron chi connectivity index (χ0n) is 15.1. The Morgan fingerprint density at radius 1 is 1.15 bits per heavy atom. The smallest absolute Gasteiger partial charge is 0.277 e. The summed E-state index contributed by atoms with van der Waals surface area (Å²) < 4.78 is 17.1. The van der Waals surface area contributed by atoms with Gasteiger partial charge in [-0.3, -0.25) is 4.79 Å². The minimum absolute atomic E-state index is 0.105. The van der Waals surface area contributed by atoms with Gasteiger partial charge in [0.15, 0.2) is 18.1 Å². The molecule has 7 heteroatoms. The van der Waals surface area contributed by atoms with E-state index in [-0.39, 0.29) is 12.5 Å². The molecule has 138 valence electrons. The van der Waals surface area contributed by atoms with Gasteiger partial charge < -0.3 is 14.2 Å². The molecular weight excluding hydrogens is 447 g/mol. The maximum Gasteiger partial charge on any atom is 0.277 e. The SMILES string of the molecule is COc1cc(/C=N/NC(=O)COc2c(C)cccc2C)cc(I)c1OC. The van der Waals surface area contributed by atoms with Gasteiger partial charge in [0.2, 0.25) is 0 Å². The van der Waals surface area contributed by atoms with Crippen LogP contribution in [0.4, 0.5) is 0 Å². The molecule has 1 N–H and O–H groups in total. The van der Waals surface area contributed by atoms with Gasteiger partial charge in [0.25, 0.3) is 5.91 Å². The summed E-state index contributed by atoms with van der Waals surface area (Å²) in [5.41, 5.74) is 5.21. The Bertz CT molecular complexity index is 801. The lowest BCUT2D eigenvalue weighted by Crippen LogP contribution is -2.25. The largest absolute Gasteiger partial charge is 0.493 e. The van der Waals surface area contributed by atoms with Crippen molar-refractivity contribution in [3.63, 3.8) is 0 Å². The summed E-state index contributed by atoms with van der Waals surface area (Å²) >= 11 is 2.15. The zero-order valence-corrected chi connectivity index (χ0v) is 17.3. The normalized spacial score (nSPS) is 10.7. The number of hydrazone groups is 1. The van der Waals surface area contributed by atoms with Crippen molar-refractivity contribution in [1.29, 1.82) is 0 Å². The topological polar surface area (TPSA) is 69.2 Å². The number of methoxy groups -OCH3 is 2. The second kappa shape index (κ2) is 9.42. The van der Waals surface area contributed by atoms with Crippen LogP contribution in [0.2, 0.25) is 0 Å². The van der Waals surface area contributed by atoms with Crippen LogP contribution < -0.4 is 19.6 Å². The Hall–Kier alpha value is -2.29. The van der Waals surface area contributed by atoms with E-state index in [1.54, 1.807) is 26.5 Å². The van der Waals surface area contributed by atoms with Gasteiger partial charge in [-0.2, -0.15) is 5.10 Å². The van der Waals surface area contributed by atoms with Gasteiger partial charge >= 0.3 is 0 Å². The minimum Gasteiger partial charge on any atom is -0.493 e. The van der Waals surface area contributed by atoms with E-state index in [9.17, 15) is 4.79 Å². The van der Waals surface area contributed by atoms with Crippen molar-refractivity contribution in [2.45, 2.75) is 13.8 Å². The van der Waals surface area contributed by atoms with Crippen LogP contribution in [0.1, 0.15) is 16.7 Å². The summed E-state index contributed by atoms with van der Waals surface area (Å²) in [5, 5.41) is 3.97. The van der Waals surface area contributed by atoms with E-state index >= 15 is 0 Å². The summed E-state index contributed by atoms with van der Waals surface area (Å²) in [5.74, 6) is 1.65. The van der Waals surface area contributed by atoms with Gasteiger partial charge in [0.1, 0.15) is 5.75 Å². The van der Waals surface area contributed by atoms with Crippen molar-refractivity contribution in [1.82, 2.24) is 5.43 Å². The van der Waals surface area contributed by atoms with E-state index in [0.717, 1.165) is 26.0 Å². The quantitative estimate of drug-likeness (QED) is 0.384. The van der Waals surface area contributed by atoms with E-state index in [1.165, 1.54) is 0 Å². The van der Waals surface area contributed by atoms with Crippen molar-refractivity contribution >= 4 is 34.7 Å². The molecule has 0 atom stereocenters. The van der Waals surface area contributed by atoms with E-state index < -0.39 is 0 Å². The highest BCUT2D eigenvalue weighted by Gasteiger charge is 2.10. The minimum atomic E-state index is -0.334. The number of carbonyl (C=O) groups excluding carboxylic acids is 1. The number of rotatable bonds is 7. The lowest BCUT2D eigenvalue weighted by molar-refractivity contribution is -0.123. The second-order valence-corrected chi connectivity index (χ2v) is 6.70. The lowest BCUT2D eigenvalue weighted by atomic mass is 10.1. The van der Waals surface area contributed by atoms with Crippen LogP contribution >= 0.6 is 22.6 Å². The number of nitrogens with zero attached hydrogens (tertiary/aromatic N) is 1. The van der Waals surface area contributed by atoms with Gasteiger partial charge in [0, 0.05) is 0 Å². The molecule has 2 aromatic carbocycles. The molecule has 0 bridgehead atoms. The third-order valence-electron chi connectivity index (χ3n) is 3.62. The summed E-state index contributed by atoms with van der Waals surface area (Å²) in [7, 11) is 3.16. The third kappa shape index (κ3) is 5.10. The standard InChI is InChI=1S/C19H21IN2O4/c1-12-6-5-7-13(2)18(12)26-11-17(23)22-21-10-14-8-15(20)19(25-4)16(9-14)24-3/h5-10H,11H2,1-4H3,(H,22,23)/b21-10+. The summed E-state index contributed by atoms with van der Waals surface area (Å²) in [4.78, 5) is 11.9. The Kier molecular flexibility index (Phi) is 7.26. The average Bonchev–Trinajstić information content (AvgIpc) is 2.60. The van der Waals surface area contributed by atoms with Gasteiger partial charge in [-0.05, 0) is 65.3 Å². The number of benzene rings is 2.